The first-order valence-corrected chi connectivity index (χ1v) is 11.5. The molecule has 34 heavy (non-hydrogen) atoms. The van der Waals surface area contributed by atoms with Gasteiger partial charge in [-0.05, 0) is 58.0 Å². The smallest absolute Gasteiger partial charge is 0.160 e. The second kappa shape index (κ2) is 8.46. The number of ether oxygens (including phenoxy) is 3. The number of aryl methyl sites for hydroxylation is 1. The molecule has 0 spiro atoms. The van der Waals surface area contributed by atoms with Crippen LogP contribution in [0.15, 0.2) is 48.9 Å². The van der Waals surface area contributed by atoms with Gasteiger partial charge in [0, 0.05) is 29.5 Å². The molecule has 3 atom stereocenters. The van der Waals surface area contributed by atoms with Crippen molar-refractivity contribution < 1.29 is 19.3 Å². The van der Waals surface area contributed by atoms with Crippen molar-refractivity contribution in [2.24, 2.45) is 0 Å². The maximum absolute atomic E-state index is 10.4. The third-order valence-electron chi connectivity index (χ3n) is 6.11. The maximum atomic E-state index is 10.4. The van der Waals surface area contributed by atoms with Gasteiger partial charge in [0.2, 0.25) is 0 Å². The summed E-state index contributed by atoms with van der Waals surface area (Å²) in [6.45, 7) is 7.34. The molecule has 9 heteroatoms. The molecule has 0 bridgehead atoms. The van der Waals surface area contributed by atoms with Gasteiger partial charge in [0.25, 0.3) is 0 Å². The highest BCUT2D eigenvalue weighted by atomic mass is 35.5. The van der Waals surface area contributed by atoms with Crippen molar-refractivity contribution in [3.05, 3.63) is 59.8 Å². The van der Waals surface area contributed by atoms with Crippen LogP contribution in [-0.4, -0.2) is 48.7 Å². The number of fused-ring (bicyclic) bond motifs is 2. The second-order valence-corrected chi connectivity index (χ2v) is 9.75. The van der Waals surface area contributed by atoms with Crippen LogP contribution in [0, 0.1) is 6.92 Å². The Bertz CT molecular complexity index is 1350. The molecule has 4 aromatic rings. The molecule has 4 heterocycles. The fraction of sp³-hybridized carbons (Fsp3) is 0.400. The number of pyridine rings is 1. The predicted octanol–water partition coefficient (Wildman–Crippen LogP) is 4.81. The Hall–Kier alpha value is -2.78. The fourth-order valence-electron chi connectivity index (χ4n) is 4.58. The molecule has 0 saturated carbocycles. The number of nitrogens with zero attached hydrogens (tertiary/aromatic N) is 4. The van der Waals surface area contributed by atoms with E-state index in [1.54, 1.807) is 26.2 Å². The standard InChI is InChI=1S/C25H27ClN4O4/c1-15-18-9-10-30(23(18)28-14-27-15)22-12-25(4,34-24(2,3)31)20(33-22)13-32-17-7-5-16-6-8-21(26)29-19(16)11-17/h5-11,14,20,22,31H,12-13H2,1-4H3. The van der Waals surface area contributed by atoms with Gasteiger partial charge >= 0.3 is 0 Å². The summed E-state index contributed by atoms with van der Waals surface area (Å²) < 4.78 is 20.7. The third kappa shape index (κ3) is 4.46. The van der Waals surface area contributed by atoms with Crippen LogP contribution in [-0.2, 0) is 9.47 Å². The molecule has 5 rings (SSSR count). The van der Waals surface area contributed by atoms with Gasteiger partial charge in [-0.15, -0.1) is 0 Å². The number of hydrogen-bond donors (Lipinski definition) is 1. The molecule has 178 valence electrons. The molecule has 1 N–H and O–H groups in total. The highest BCUT2D eigenvalue weighted by Crippen LogP contribution is 2.42. The summed E-state index contributed by atoms with van der Waals surface area (Å²) >= 11 is 6.04. The Morgan fingerprint density at radius 3 is 2.82 bits per heavy atom. The molecule has 3 unspecified atom stereocenters. The van der Waals surface area contributed by atoms with E-state index in [-0.39, 0.29) is 12.8 Å². The lowest BCUT2D eigenvalue weighted by Crippen LogP contribution is -2.47. The quantitative estimate of drug-likeness (QED) is 0.311. The molecule has 0 aliphatic carbocycles. The summed E-state index contributed by atoms with van der Waals surface area (Å²) in [6, 6.07) is 11.3. The monoisotopic (exact) mass is 482 g/mol. The lowest BCUT2D eigenvalue weighted by atomic mass is 9.96. The lowest BCUT2D eigenvalue weighted by molar-refractivity contribution is -0.253. The van der Waals surface area contributed by atoms with Gasteiger partial charge in [0.1, 0.15) is 47.4 Å². The van der Waals surface area contributed by atoms with E-state index in [0.29, 0.717) is 17.3 Å². The van der Waals surface area contributed by atoms with Crippen LogP contribution in [0.3, 0.4) is 0 Å². The zero-order valence-electron chi connectivity index (χ0n) is 19.5. The van der Waals surface area contributed by atoms with Gasteiger partial charge in [0.05, 0.1) is 11.2 Å². The minimum Gasteiger partial charge on any atom is -0.491 e. The average molecular weight is 483 g/mol. The van der Waals surface area contributed by atoms with Gasteiger partial charge < -0.3 is 23.9 Å². The van der Waals surface area contributed by atoms with E-state index in [1.165, 1.54) is 0 Å². The van der Waals surface area contributed by atoms with Crippen molar-refractivity contribution in [1.82, 2.24) is 19.5 Å². The first-order chi connectivity index (χ1) is 16.1. The summed E-state index contributed by atoms with van der Waals surface area (Å²) in [6.07, 6.45) is 3.21. The van der Waals surface area contributed by atoms with E-state index >= 15 is 0 Å². The highest BCUT2D eigenvalue weighted by molar-refractivity contribution is 6.29. The van der Waals surface area contributed by atoms with E-state index in [9.17, 15) is 5.11 Å². The zero-order chi connectivity index (χ0) is 24.1. The zero-order valence-corrected chi connectivity index (χ0v) is 20.3. The van der Waals surface area contributed by atoms with Crippen molar-refractivity contribution in [2.75, 3.05) is 6.61 Å². The first kappa shape index (κ1) is 23.0. The Kier molecular flexibility index (Phi) is 5.72. The second-order valence-electron chi connectivity index (χ2n) is 9.36. The SMILES string of the molecule is Cc1ncnc2c1ccn2C1CC(C)(OC(C)(C)O)C(COc2ccc3ccc(Cl)nc3c2)O1. The van der Waals surface area contributed by atoms with Crippen molar-refractivity contribution in [3.8, 4) is 5.75 Å². The van der Waals surface area contributed by atoms with Crippen LogP contribution in [0.4, 0.5) is 0 Å². The molecule has 0 amide bonds. The average Bonchev–Trinajstić information content (AvgIpc) is 3.32. The van der Waals surface area contributed by atoms with E-state index in [1.807, 2.05) is 54.9 Å². The highest BCUT2D eigenvalue weighted by Gasteiger charge is 2.50. The molecular weight excluding hydrogens is 456 g/mol. The predicted molar refractivity (Wildman–Crippen MR) is 129 cm³/mol. The van der Waals surface area contributed by atoms with E-state index in [2.05, 4.69) is 15.0 Å². The van der Waals surface area contributed by atoms with E-state index in [0.717, 1.165) is 27.6 Å². The van der Waals surface area contributed by atoms with Gasteiger partial charge in [-0.25, -0.2) is 15.0 Å². The number of halogens is 1. The topological polar surface area (TPSA) is 91.5 Å². The van der Waals surface area contributed by atoms with Crippen molar-refractivity contribution in [3.63, 3.8) is 0 Å². The number of aliphatic hydroxyl groups is 1. The molecule has 1 fully saturated rings. The van der Waals surface area contributed by atoms with Crippen LogP contribution in [0.25, 0.3) is 21.9 Å². The van der Waals surface area contributed by atoms with Gasteiger partial charge in [-0.3, -0.25) is 0 Å². The molecule has 1 aliphatic rings. The van der Waals surface area contributed by atoms with Gasteiger partial charge in [0.15, 0.2) is 5.79 Å². The summed E-state index contributed by atoms with van der Waals surface area (Å²) in [7, 11) is 0. The lowest BCUT2D eigenvalue weighted by Gasteiger charge is -2.35. The Morgan fingerprint density at radius 2 is 2.03 bits per heavy atom. The molecule has 1 saturated heterocycles. The van der Waals surface area contributed by atoms with Crippen LogP contribution >= 0.6 is 11.6 Å². The first-order valence-electron chi connectivity index (χ1n) is 11.2. The normalized spacial score (nSPS) is 23.1. The molecule has 3 aromatic heterocycles. The van der Waals surface area contributed by atoms with E-state index in [4.69, 9.17) is 25.8 Å². The fourth-order valence-corrected chi connectivity index (χ4v) is 4.73. The number of aromatic nitrogens is 4. The summed E-state index contributed by atoms with van der Waals surface area (Å²) in [4.78, 5) is 13.1. The largest absolute Gasteiger partial charge is 0.491 e. The summed E-state index contributed by atoms with van der Waals surface area (Å²) in [5.41, 5.74) is 1.64. The number of rotatable bonds is 6. The molecular formula is C25H27ClN4O4. The van der Waals surface area contributed by atoms with Crippen LogP contribution in [0.2, 0.25) is 5.15 Å². The van der Waals surface area contributed by atoms with Gasteiger partial charge in [-0.1, -0.05) is 11.6 Å². The Balaban J connectivity index is 1.41. The Morgan fingerprint density at radius 1 is 1.24 bits per heavy atom. The van der Waals surface area contributed by atoms with Crippen molar-refractivity contribution >= 4 is 33.5 Å². The Labute approximate surface area is 202 Å². The molecule has 1 aliphatic heterocycles. The summed E-state index contributed by atoms with van der Waals surface area (Å²) in [5, 5.41) is 12.8. The molecule has 8 nitrogen and oxygen atoms in total. The van der Waals surface area contributed by atoms with E-state index < -0.39 is 17.5 Å². The molecule has 0 radical (unpaired) electrons. The summed E-state index contributed by atoms with van der Waals surface area (Å²) in [5.74, 6) is -0.693. The van der Waals surface area contributed by atoms with Crippen LogP contribution < -0.4 is 4.74 Å². The number of benzene rings is 1. The van der Waals surface area contributed by atoms with Crippen LogP contribution in [0.5, 0.6) is 5.75 Å². The molecule has 1 aromatic carbocycles. The minimum absolute atomic E-state index is 0.225. The van der Waals surface area contributed by atoms with Crippen molar-refractivity contribution in [2.45, 2.75) is 57.8 Å². The van der Waals surface area contributed by atoms with Crippen LogP contribution in [0.1, 0.15) is 39.1 Å². The van der Waals surface area contributed by atoms with Crippen molar-refractivity contribution in [1.29, 1.82) is 0 Å². The third-order valence-corrected chi connectivity index (χ3v) is 6.33. The maximum Gasteiger partial charge on any atom is 0.160 e. The number of hydrogen-bond acceptors (Lipinski definition) is 7. The minimum atomic E-state index is -1.34. The van der Waals surface area contributed by atoms with Gasteiger partial charge in [-0.2, -0.15) is 0 Å².